The summed E-state index contributed by atoms with van der Waals surface area (Å²) in [5.41, 5.74) is 1.87. The molecule has 94 valence electrons. The summed E-state index contributed by atoms with van der Waals surface area (Å²) in [6, 6.07) is 5.78. The number of amides is 2. The van der Waals surface area contributed by atoms with Gasteiger partial charge >= 0.3 is 6.03 Å². The summed E-state index contributed by atoms with van der Waals surface area (Å²) in [6.07, 6.45) is 0. The van der Waals surface area contributed by atoms with Gasteiger partial charge in [0.15, 0.2) is 0 Å². The number of anilines is 1. The molecule has 1 aromatic carbocycles. The van der Waals surface area contributed by atoms with E-state index in [-0.39, 0.29) is 12.1 Å². The second kappa shape index (κ2) is 6.05. The predicted octanol–water partition coefficient (Wildman–Crippen LogP) is 3.92. The minimum Gasteiger partial charge on any atom is -0.335 e. The molecule has 0 unspecified atom stereocenters. The number of benzene rings is 1. The van der Waals surface area contributed by atoms with Crippen LogP contribution in [0.1, 0.15) is 26.3 Å². The molecule has 2 amide bonds. The third-order valence-corrected chi connectivity index (χ3v) is 3.29. The van der Waals surface area contributed by atoms with E-state index < -0.39 is 0 Å². The molecule has 0 aromatic heterocycles. The fourth-order valence-electron chi connectivity index (χ4n) is 1.30. The average Bonchev–Trinajstić information content (AvgIpc) is 2.22. The van der Waals surface area contributed by atoms with E-state index in [9.17, 15) is 4.79 Å². The average molecular weight is 299 g/mol. The fourth-order valence-corrected chi connectivity index (χ4v) is 1.77. The van der Waals surface area contributed by atoms with Gasteiger partial charge in [-0.15, -0.1) is 0 Å². The van der Waals surface area contributed by atoms with Crippen LogP contribution in [-0.2, 0) is 0 Å². The number of hydrogen-bond donors (Lipinski definition) is 2. The lowest BCUT2D eigenvalue weighted by molar-refractivity contribution is 0.246. The summed E-state index contributed by atoms with van der Waals surface area (Å²) in [5, 5.41) is 5.76. The van der Waals surface area contributed by atoms with Crippen molar-refractivity contribution in [3.8, 4) is 0 Å². The van der Waals surface area contributed by atoms with Gasteiger partial charge in [0.2, 0.25) is 0 Å². The van der Waals surface area contributed by atoms with E-state index in [1.165, 1.54) is 0 Å². The first-order valence-corrected chi connectivity index (χ1v) is 6.53. The van der Waals surface area contributed by atoms with E-state index >= 15 is 0 Å². The zero-order chi connectivity index (χ0) is 13.0. The Bertz CT molecular complexity index is 404. The lowest BCUT2D eigenvalue weighted by Crippen LogP contribution is -2.39. The molecule has 0 saturated carbocycles. The normalized spacial score (nSPS) is 12.4. The second-order valence-electron chi connectivity index (χ2n) is 4.59. The van der Waals surface area contributed by atoms with Crippen molar-refractivity contribution in [2.75, 3.05) is 5.32 Å². The molecule has 0 aliphatic rings. The van der Waals surface area contributed by atoms with Crippen LogP contribution in [0.2, 0.25) is 0 Å². The van der Waals surface area contributed by atoms with E-state index in [1.807, 2.05) is 32.0 Å². The molecule has 0 radical (unpaired) electrons. The van der Waals surface area contributed by atoms with E-state index in [4.69, 9.17) is 0 Å². The Balaban J connectivity index is 2.62. The SMILES string of the molecule is Cc1cc(Br)ccc1NC(=O)N[C@@H](C)C(C)C. The first kappa shape index (κ1) is 14.0. The molecule has 1 atom stereocenters. The molecule has 17 heavy (non-hydrogen) atoms. The van der Waals surface area contributed by atoms with Gasteiger partial charge in [-0.1, -0.05) is 29.8 Å². The number of rotatable bonds is 3. The Labute approximate surface area is 111 Å². The van der Waals surface area contributed by atoms with E-state index in [0.29, 0.717) is 5.92 Å². The maximum atomic E-state index is 11.7. The van der Waals surface area contributed by atoms with Gasteiger partial charge in [-0.3, -0.25) is 0 Å². The molecule has 0 spiro atoms. The van der Waals surface area contributed by atoms with Gasteiger partial charge in [0.1, 0.15) is 0 Å². The first-order valence-electron chi connectivity index (χ1n) is 5.74. The first-order chi connectivity index (χ1) is 7.90. The second-order valence-corrected chi connectivity index (χ2v) is 5.51. The molecule has 0 heterocycles. The maximum absolute atomic E-state index is 11.7. The molecule has 0 saturated heterocycles. The largest absolute Gasteiger partial charge is 0.335 e. The lowest BCUT2D eigenvalue weighted by atomic mass is 10.1. The molecular formula is C13H19BrN2O. The molecule has 1 rings (SSSR count). The molecule has 1 aromatic rings. The number of carbonyl (C=O) groups excluding carboxylic acids is 1. The van der Waals surface area contributed by atoms with Crippen LogP contribution < -0.4 is 10.6 Å². The molecule has 0 bridgehead atoms. The van der Waals surface area contributed by atoms with Crippen LogP contribution in [0.4, 0.5) is 10.5 Å². The molecule has 0 aliphatic carbocycles. The number of halogens is 1. The highest BCUT2D eigenvalue weighted by Crippen LogP contribution is 2.19. The molecule has 3 nitrogen and oxygen atoms in total. The van der Waals surface area contributed by atoms with E-state index in [2.05, 4.69) is 40.4 Å². The van der Waals surface area contributed by atoms with Crippen LogP contribution in [-0.4, -0.2) is 12.1 Å². The summed E-state index contributed by atoms with van der Waals surface area (Å²) in [6.45, 7) is 8.12. The van der Waals surface area contributed by atoms with Crippen LogP contribution >= 0.6 is 15.9 Å². The van der Waals surface area contributed by atoms with Crippen LogP contribution in [0.25, 0.3) is 0 Å². The molecule has 0 aliphatic heterocycles. The highest BCUT2D eigenvalue weighted by atomic mass is 79.9. The number of urea groups is 1. The minimum absolute atomic E-state index is 0.156. The topological polar surface area (TPSA) is 41.1 Å². The van der Waals surface area contributed by atoms with Crippen LogP contribution in [0.15, 0.2) is 22.7 Å². The van der Waals surface area contributed by atoms with Crippen molar-refractivity contribution >= 4 is 27.6 Å². The Kier molecular flexibility index (Phi) is 5.00. The summed E-state index contributed by atoms with van der Waals surface area (Å²) in [5.74, 6) is 0.423. The van der Waals surface area contributed by atoms with Crippen molar-refractivity contribution in [1.29, 1.82) is 0 Å². The van der Waals surface area contributed by atoms with Crippen molar-refractivity contribution < 1.29 is 4.79 Å². The lowest BCUT2D eigenvalue weighted by Gasteiger charge is -2.18. The van der Waals surface area contributed by atoms with Crippen LogP contribution in [0.5, 0.6) is 0 Å². The van der Waals surface area contributed by atoms with Gasteiger partial charge < -0.3 is 10.6 Å². The highest BCUT2D eigenvalue weighted by molar-refractivity contribution is 9.10. The molecule has 4 heteroatoms. The summed E-state index contributed by atoms with van der Waals surface area (Å²) in [4.78, 5) is 11.7. The number of carbonyl (C=O) groups is 1. The van der Waals surface area contributed by atoms with Crippen molar-refractivity contribution in [3.05, 3.63) is 28.2 Å². The summed E-state index contributed by atoms with van der Waals surface area (Å²) < 4.78 is 1.01. The van der Waals surface area contributed by atoms with Gasteiger partial charge in [0.05, 0.1) is 0 Å². The van der Waals surface area contributed by atoms with E-state index in [0.717, 1.165) is 15.7 Å². The number of hydrogen-bond acceptors (Lipinski definition) is 1. The maximum Gasteiger partial charge on any atom is 0.319 e. The van der Waals surface area contributed by atoms with Gasteiger partial charge in [-0.25, -0.2) is 4.79 Å². The Morgan fingerprint density at radius 1 is 1.29 bits per heavy atom. The smallest absolute Gasteiger partial charge is 0.319 e. The zero-order valence-corrected chi connectivity index (χ0v) is 12.3. The number of aryl methyl sites for hydroxylation is 1. The van der Waals surface area contributed by atoms with Crippen LogP contribution in [0, 0.1) is 12.8 Å². The van der Waals surface area contributed by atoms with Gasteiger partial charge in [0.25, 0.3) is 0 Å². The predicted molar refractivity (Wildman–Crippen MR) is 75.3 cm³/mol. The van der Waals surface area contributed by atoms with Gasteiger partial charge in [0, 0.05) is 16.2 Å². The monoisotopic (exact) mass is 298 g/mol. The number of nitrogens with one attached hydrogen (secondary N) is 2. The standard InChI is InChI=1S/C13H19BrN2O/c1-8(2)10(4)15-13(17)16-12-6-5-11(14)7-9(12)3/h5-8,10H,1-4H3,(H2,15,16,17)/t10-/m0/s1. The van der Waals surface area contributed by atoms with Gasteiger partial charge in [-0.05, 0) is 43.5 Å². The molecular weight excluding hydrogens is 280 g/mol. The fraction of sp³-hybridized carbons (Fsp3) is 0.462. The van der Waals surface area contributed by atoms with Crippen molar-refractivity contribution in [3.63, 3.8) is 0 Å². The molecule has 2 N–H and O–H groups in total. The minimum atomic E-state index is -0.156. The van der Waals surface area contributed by atoms with Gasteiger partial charge in [-0.2, -0.15) is 0 Å². The summed E-state index contributed by atoms with van der Waals surface area (Å²) >= 11 is 3.39. The third-order valence-electron chi connectivity index (χ3n) is 2.80. The zero-order valence-electron chi connectivity index (χ0n) is 10.7. The third kappa shape index (κ3) is 4.38. The Morgan fingerprint density at radius 3 is 2.47 bits per heavy atom. The van der Waals surface area contributed by atoms with Crippen molar-refractivity contribution in [2.45, 2.75) is 33.7 Å². The Hall–Kier alpha value is -1.03. The van der Waals surface area contributed by atoms with Crippen molar-refractivity contribution in [2.24, 2.45) is 5.92 Å². The highest BCUT2D eigenvalue weighted by Gasteiger charge is 2.11. The summed E-state index contributed by atoms with van der Waals surface area (Å²) in [7, 11) is 0. The Morgan fingerprint density at radius 2 is 1.94 bits per heavy atom. The van der Waals surface area contributed by atoms with E-state index in [1.54, 1.807) is 0 Å². The van der Waals surface area contributed by atoms with Crippen LogP contribution in [0.3, 0.4) is 0 Å². The quantitative estimate of drug-likeness (QED) is 0.872. The molecule has 0 fully saturated rings. The van der Waals surface area contributed by atoms with Crippen molar-refractivity contribution in [1.82, 2.24) is 5.32 Å².